The van der Waals surface area contributed by atoms with Crippen molar-refractivity contribution in [3.8, 4) is 0 Å². The fourth-order valence-electron chi connectivity index (χ4n) is 1.41. The van der Waals surface area contributed by atoms with Crippen LogP contribution in [0.1, 0.15) is 23.2 Å². The van der Waals surface area contributed by atoms with Gasteiger partial charge in [-0.3, -0.25) is 9.59 Å². The molecule has 0 radical (unpaired) electrons. The molecule has 0 fully saturated rings. The van der Waals surface area contributed by atoms with Crippen LogP contribution in [0.25, 0.3) is 0 Å². The second-order valence-corrected chi connectivity index (χ2v) is 3.91. The summed E-state index contributed by atoms with van der Waals surface area (Å²) in [5, 5.41) is 20.1. The molecule has 98 valence electrons. The highest BCUT2D eigenvalue weighted by Crippen LogP contribution is 2.06. The van der Waals surface area contributed by atoms with Gasteiger partial charge in [0.2, 0.25) is 0 Å². The van der Waals surface area contributed by atoms with Crippen molar-refractivity contribution < 1.29 is 19.8 Å². The Labute approximate surface area is 104 Å². The lowest BCUT2D eigenvalue weighted by atomic mass is 10.1. The first-order chi connectivity index (χ1) is 8.52. The van der Waals surface area contributed by atoms with Gasteiger partial charge in [0, 0.05) is 17.7 Å². The van der Waals surface area contributed by atoms with Crippen molar-refractivity contribution >= 4 is 17.6 Å². The molecule has 0 aliphatic carbocycles. The lowest BCUT2D eigenvalue weighted by Gasteiger charge is -2.15. The van der Waals surface area contributed by atoms with Crippen molar-refractivity contribution in [2.75, 3.05) is 12.3 Å². The molecular formula is C12H16N2O4. The highest BCUT2D eigenvalue weighted by atomic mass is 16.4. The number of aliphatic hydroxyl groups excluding tert-OH is 1. The van der Waals surface area contributed by atoms with E-state index in [0.29, 0.717) is 11.3 Å². The van der Waals surface area contributed by atoms with Gasteiger partial charge >= 0.3 is 5.97 Å². The van der Waals surface area contributed by atoms with Gasteiger partial charge in [0.15, 0.2) is 0 Å². The number of rotatable bonds is 6. The molecule has 1 aromatic rings. The van der Waals surface area contributed by atoms with E-state index >= 15 is 0 Å². The van der Waals surface area contributed by atoms with Gasteiger partial charge in [0.25, 0.3) is 5.91 Å². The third-order valence-corrected chi connectivity index (χ3v) is 2.44. The number of aliphatic hydroxyl groups is 1. The molecule has 0 spiro atoms. The second kappa shape index (κ2) is 6.61. The predicted molar refractivity (Wildman–Crippen MR) is 66.1 cm³/mol. The number of nitrogen functional groups attached to an aromatic ring is 1. The molecule has 0 saturated carbocycles. The lowest BCUT2D eigenvalue weighted by Crippen LogP contribution is -2.37. The highest BCUT2D eigenvalue weighted by Gasteiger charge is 2.14. The topological polar surface area (TPSA) is 113 Å². The Morgan fingerprint density at radius 3 is 2.39 bits per heavy atom. The first kappa shape index (κ1) is 14.0. The third kappa shape index (κ3) is 4.42. The van der Waals surface area contributed by atoms with Crippen LogP contribution in [0.3, 0.4) is 0 Å². The van der Waals surface area contributed by atoms with Crippen LogP contribution in [0.5, 0.6) is 0 Å². The minimum absolute atomic E-state index is 0.104. The normalized spacial score (nSPS) is 11.8. The maximum absolute atomic E-state index is 11.8. The van der Waals surface area contributed by atoms with Crippen LogP contribution in [-0.2, 0) is 4.79 Å². The van der Waals surface area contributed by atoms with Gasteiger partial charge in [-0.05, 0) is 30.7 Å². The standard InChI is InChI=1S/C12H16N2O4/c13-9-3-1-8(2-4-9)12(18)14-10(7-15)5-6-11(16)17/h1-4,10,15H,5-7,13H2,(H,14,18)(H,16,17)/t10-/m0/s1. The molecule has 0 bridgehead atoms. The van der Waals surface area contributed by atoms with Crippen molar-refractivity contribution in [3.63, 3.8) is 0 Å². The van der Waals surface area contributed by atoms with Gasteiger partial charge < -0.3 is 21.3 Å². The number of carboxylic acids is 1. The van der Waals surface area contributed by atoms with E-state index in [1.807, 2.05) is 0 Å². The Balaban J connectivity index is 2.56. The summed E-state index contributed by atoms with van der Waals surface area (Å²) in [5.41, 5.74) is 6.47. The summed E-state index contributed by atoms with van der Waals surface area (Å²) in [5.74, 6) is -1.32. The number of hydrogen-bond donors (Lipinski definition) is 4. The van der Waals surface area contributed by atoms with E-state index in [-0.39, 0.29) is 25.4 Å². The third-order valence-electron chi connectivity index (χ3n) is 2.44. The fraction of sp³-hybridized carbons (Fsp3) is 0.333. The molecule has 1 atom stereocenters. The van der Waals surface area contributed by atoms with Gasteiger partial charge in [-0.15, -0.1) is 0 Å². The summed E-state index contributed by atoms with van der Waals surface area (Å²) in [6.45, 7) is -0.298. The first-order valence-electron chi connectivity index (χ1n) is 5.52. The van der Waals surface area contributed by atoms with Crippen LogP contribution in [-0.4, -0.2) is 34.7 Å². The molecule has 0 aliphatic heterocycles. The van der Waals surface area contributed by atoms with Crippen molar-refractivity contribution in [2.45, 2.75) is 18.9 Å². The Morgan fingerprint density at radius 1 is 1.28 bits per heavy atom. The van der Waals surface area contributed by atoms with E-state index < -0.39 is 12.0 Å². The van der Waals surface area contributed by atoms with Crippen LogP contribution in [0.15, 0.2) is 24.3 Å². The van der Waals surface area contributed by atoms with Crippen LogP contribution in [0.2, 0.25) is 0 Å². The molecule has 1 rings (SSSR count). The number of benzene rings is 1. The van der Waals surface area contributed by atoms with Gasteiger partial charge in [0.1, 0.15) is 0 Å². The van der Waals surface area contributed by atoms with E-state index in [4.69, 9.17) is 15.9 Å². The van der Waals surface area contributed by atoms with Crippen molar-refractivity contribution in [3.05, 3.63) is 29.8 Å². The smallest absolute Gasteiger partial charge is 0.303 e. The maximum Gasteiger partial charge on any atom is 0.303 e. The molecule has 1 aromatic carbocycles. The van der Waals surface area contributed by atoms with Gasteiger partial charge in [0.05, 0.1) is 12.6 Å². The molecular weight excluding hydrogens is 236 g/mol. The number of carbonyl (C=O) groups is 2. The van der Waals surface area contributed by atoms with Gasteiger partial charge in [-0.2, -0.15) is 0 Å². The van der Waals surface area contributed by atoms with Crippen molar-refractivity contribution in [1.29, 1.82) is 0 Å². The zero-order valence-corrected chi connectivity index (χ0v) is 9.80. The number of anilines is 1. The number of carbonyl (C=O) groups excluding carboxylic acids is 1. The van der Waals surface area contributed by atoms with Crippen molar-refractivity contribution in [1.82, 2.24) is 5.32 Å². The average molecular weight is 252 g/mol. The Kier molecular flexibility index (Phi) is 5.13. The molecule has 0 saturated heterocycles. The summed E-state index contributed by atoms with van der Waals surface area (Å²) < 4.78 is 0. The molecule has 18 heavy (non-hydrogen) atoms. The first-order valence-corrected chi connectivity index (χ1v) is 5.52. The quantitative estimate of drug-likeness (QED) is 0.541. The summed E-state index contributed by atoms with van der Waals surface area (Å²) in [6, 6.07) is 5.76. The minimum Gasteiger partial charge on any atom is -0.481 e. The Hall–Kier alpha value is -2.08. The molecule has 6 heteroatoms. The molecule has 0 unspecified atom stereocenters. The minimum atomic E-state index is -0.963. The number of nitrogens with one attached hydrogen (secondary N) is 1. The number of amides is 1. The molecule has 1 amide bonds. The van der Waals surface area contributed by atoms with Crippen LogP contribution in [0.4, 0.5) is 5.69 Å². The zero-order valence-electron chi connectivity index (χ0n) is 9.80. The van der Waals surface area contributed by atoms with E-state index in [9.17, 15) is 9.59 Å². The fourth-order valence-corrected chi connectivity index (χ4v) is 1.41. The van der Waals surface area contributed by atoms with E-state index in [0.717, 1.165) is 0 Å². The Morgan fingerprint density at radius 2 is 1.89 bits per heavy atom. The molecule has 0 heterocycles. The predicted octanol–water partition coefficient (Wildman–Crippen LogP) is 0.224. The summed E-state index contributed by atoms with van der Waals surface area (Å²) in [4.78, 5) is 22.2. The number of hydrogen-bond acceptors (Lipinski definition) is 4. The van der Waals surface area contributed by atoms with Crippen LogP contribution >= 0.6 is 0 Å². The van der Waals surface area contributed by atoms with Gasteiger partial charge in [-0.25, -0.2) is 0 Å². The molecule has 0 aromatic heterocycles. The average Bonchev–Trinajstić information content (AvgIpc) is 2.34. The van der Waals surface area contributed by atoms with Gasteiger partial charge in [-0.1, -0.05) is 0 Å². The van der Waals surface area contributed by atoms with Crippen molar-refractivity contribution in [2.24, 2.45) is 0 Å². The zero-order chi connectivity index (χ0) is 13.5. The number of carboxylic acid groups (broad SMARTS) is 1. The number of nitrogens with two attached hydrogens (primary N) is 1. The Bertz CT molecular complexity index is 417. The lowest BCUT2D eigenvalue weighted by molar-refractivity contribution is -0.137. The second-order valence-electron chi connectivity index (χ2n) is 3.91. The maximum atomic E-state index is 11.8. The monoisotopic (exact) mass is 252 g/mol. The summed E-state index contributed by atoms with van der Waals surface area (Å²) in [6.07, 6.45) is 0.0831. The largest absolute Gasteiger partial charge is 0.481 e. The van der Waals surface area contributed by atoms with E-state index in [2.05, 4.69) is 5.32 Å². The SMILES string of the molecule is Nc1ccc(C(=O)N[C@H](CO)CCC(=O)O)cc1. The summed E-state index contributed by atoms with van der Waals surface area (Å²) in [7, 11) is 0. The van der Waals surface area contributed by atoms with Crippen LogP contribution < -0.4 is 11.1 Å². The highest BCUT2D eigenvalue weighted by molar-refractivity contribution is 5.94. The van der Waals surface area contributed by atoms with E-state index in [1.54, 1.807) is 24.3 Å². The van der Waals surface area contributed by atoms with E-state index in [1.165, 1.54) is 0 Å². The number of aliphatic carboxylic acids is 1. The molecule has 5 N–H and O–H groups in total. The summed E-state index contributed by atoms with van der Waals surface area (Å²) >= 11 is 0. The van der Waals surface area contributed by atoms with Crippen LogP contribution in [0, 0.1) is 0 Å². The molecule has 0 aliphatic rings. The molecule has 6 nitrogen and oxygen atoms in total.